The van der Waals surface area contributed by atoms with Crippen molar-refractivity contribution in [2.75, 3.05) is 7.11 Å². The molecule has 5 nitrogen and oxygen atoms in total. The lowest BCUT2D eigenvalue weighted by atomic mass is 10.3. The summed E-state index contributed by atoms with van der Waals surface area (Å²) >= 11 is 0. The van der Waals surface area contributed by atoms with Crippen molar-refractivity contribution in [2.45, 2.75) is 6.92 Å². The number of methoxy groups -OCH3 is 1. The number of ether oxygens (including phenoxy) is 1. The van der Waals surface area contributed by atoms with Gasteiger partial charge in [-0.3, -0.25) is 4.99 Å². The van der Waals surface area contributed by atoms with Gasteiger partial charge < -0.3 is 9.26 Å². The fraction of sp³-hybridized carbons (Fsp3) is 0.167. The van der Waals surface area contributed by atoms with Crippen LogP contribution in [0.2, 0.25) is 0 Å². The van der Waals surface area contributed by atoms with E-state index in [0.717, 1.165) is 11.4 Å². The number of aryl methyl sites for hydroxylation is 1. The largest absolute Gasteiger partial charge is 0.497 e. The maximum absolute atomic E-state index is 11.3. The van der Waals surface area contributed by atoms with Gasteiger partial charge in [-0.2, -0.15) is 0 Å². The number of hydrogen-bond donors (Lipinski definition) is 1. The topological polar surface area (TPSA) is 67.6 Å². The van der Waals surface area contributed by atoms with E-state index in [4.69, 9.17) is 4.74 Å². The van der Waals surface area contributed by atoms with E-state index < -0.39 is 5.63 Å². The summed E-state index contributed by atoms with van der Waals surface area (Å²) in [6.07, 6.45) is 1.49. The summed E-state index contributed by atoms with van der Waals surface area (Å²) in [5, 5.41) is 2.49. The molecule has 0 saturated heterocycles. The molecule has 0 unspecified atom stereocenters. The summed E-state index contributed by atoms with van der Waals surface area (Å²) in [5.41, 5.74) is 1.42. The van der Waals surface area contributed by atoms with Crippen LogP contribution in [0.1, 0.15) is 11.3 Å². The highest BCUT2D eigenvalue weighted by molar-refractivity contribution is 5.82. The van der Waals surface area contributed by atoms with Crippen molar-refractivity contribution in [3.8, 4) is 5.75 Å². The molecule has 17 heavy (non-hydrogen) atoms. The van der Waals surface area contributed by atoms with Gasteiger partial charge >= 0.3 is 5.63 Å². The van der Waals surface area contributed by atoms with Crippen molar-refractivity contribution in [1.29, 1.82) is 0 Å². The van der Waals surface area contributed by atoms with E-state index in [-0.39, 0.29) is 0 Å². The Bertz CT molecular complexity index is 579. The van der Waals surface area contributed by atoms with Gasteiger partial charge in [0, 0.05) is 6.21 Å². The Morgan fingerprint density at radius 3 is 2.59 bits per heavy atom. The first-order valence-corrected chi connectivity index (χ1v) is 5.07. The van der Waals surface area contributed by atoms with Crippen molar-refractivity contribution in [1.82, 2.24) is 5.16 Å². The molecule has 0 fully saturated rings. The van der Waals surface area contributed by atoms with Gasteiger partial charge in [0.1, 0.15) is 11.3 Å². The van der Waals surface area contributed by atoms with Crippen LogP contribution >= 0.6 is 0 Å². The number of aromatic nitrogens is 1. The monoisotopic (exact) mass is 232 g/mol. The summed E-state index contributed by atoms with van der Waals surface area (Å²) in [4.78, 5) is 15.4. The fourth-order valence-electron chi connectivity index (χ4n) is 1.34. The van der Waals surface area contributed by atoms with Crippen molar-refractivity contribution in [3.05, 3.63) is 45.9 Å². The van der Waals surface area contributed by atoms with Crippen LogP contribution in [0.25, 0.3) is 0 Å². The predicted molar refractivity (Wildman–Crippen MR) is 64.3 cm³/mol. The molecule has 0 aliphatic heterocycles. The zero-order chi connectivity index (χ0) is 12.3. The van der Waals surface area contributed by atoms with Gasteiger partial charge in [-0.15, -0.1) is 0 Å². The zero-order valence-electron chi connectivity index (χ0n) is 9.56. The first-order chi connectivity index (χ1) is 8.20. The summed E-state index contributed by atoms with van der Waals surface area (Å²) < 4.78 is 9.66. The van der Waals surface area contributed by atoms with Crippen LogP contribution in [0.3, 0.4) is 0 Å². The highest BCUT2D eigenvalue weighted by Crippen LogP contribution is 2.17. The second kappa shape index (κ2) is 4.69. The second-order valence-electron chi connectivity index (χ2n) is 3.49. The van der Waals surface area contributed by atoms with E-state index in [0.29, 0.717) is 11.3 Å². The van der Waals surface area contributed by atoms with Crippen LogP contribution in [0.4, 0.5) is 5.69 Å². The van der Waals surface area contributed by atoms with Gasteiger partial charge in [0.15, 0.2) is 0 Å². The summed E-state index contributed by atoms with van der Waals surface area (Å²) in [6.45, 7) is 1.75. The van der Waals surface area contributed by atoms with Crippen LogP contribution in [0, 0.1) is 6.92 Å². The lowest BCUT2D eigenvalue weighted by Crippen LogP contribution is -2.00. The van der Waals surface area contributed by atoms with Gasteiger partial charge in [0.2, 0.25) is 0 Å². The number of aromatic amines is 1. The van der Waals surface area contributed by atoms with E-state index in [1.54, 1.807) is 38.3 Å². The summed E-state index contributed by atoms with van der Waals surface area (Å²) in [7, 11) is 1.60. The molecule has 2 rings (SSSR count). The smallest absolute Gasteiger partial charge is 0.366 e. The summed E-state index contributed by atoms with van der Waals surface area (Å²) in [5.74, 6) is 0.765. The molecule has 5 heteroatoms. The maximum atomic E-state index is 11.3. The van der Waals surface area contributed by atoms with Crippen molar-refractivity contribution >= 4 is 11.9 Å². The average Bonchev–Trinajstić information content (AvgIpc) is 2.67. The van der Waals surface area contributed by atoms with E-state index in [1.165, 1.54) is 6.21 Å². The number of H-pyrrole nitrogens is 1. The van der Waals surface area contributed by atoms with Crippen LogP contribution in [0.5, 0.6) is 5.75 Å². The first-order valence-electron chi connectivity index (χ1n) is 5.07. The molecular formula is C12H12N2O3. The Morgan fingerprint density at radius 2 is 2.06 bits per heavy atom. The first kappa shape index (κ1) is 11.2. The van der Waals surface area contributed by atoms with E-state index in [2.05, 4.69) is 14.7 Å². The normalized spacial score (nSPS) is 10.9. The molecular weight excluding hydrogens is 220 g/mol. The molecule has 0 bridgehead atoms. The number of nitrogens with one attached hydrogen (secondary N) is 1. The van der Waals surface area contributed by atoms with Crippen LogP contribution in [0.15, 0.2) is 38.6 Å². The molecule has 0 aliphatic carbocycles. The van der Waals surface area contributed by atoms with E-state index >= 15 is 0 Å². The van der Waals surface area contributed by atoms with Gasteiger partial charge in [-0.05, 0) is 31.2 Å². The minimum absolute atomic E-state index is 0.417. The Labute approximate surface area is 97.7 Å². The molecule has 0 atom stereocenters. The molecule has 0 radical (unpaired) electrons. The third-order valence-electron chi connectivity index (χ3n) is 2.34. The maximum Gasteiger partial charge on any atom is 0.366 e. The number of benzene rings is 1. The zero-order valence-corrected chi connectivity index (χ0v) is 9.56. The minimum atomic E-state index is -0.417. The Balaban J connectivity index is 2.23. The standard InChI is InChI=1S/C12H12N2O3/c1-8-11(12(15)17-14-8)7-13-9-3-5-10(16-2)6-4-9/h3-7,14H,1-2H3. The number of aliphatic imine (C=N–C) groups is 1. The van der Waals surface area contributed by atoms with Gasteiger partial charge in [0.05, 0.1) is 18.5 Å². The Hall–Kier alpha value is -2.30. The minimum Gasteiger partial charge on any atom is -0.497 e. The van der Waals surface area contributed by atoms with Gasteiger partial charge in [-0.1, -0.05) is 0 Å². The van der Waals surface area contributed by atoms with Gasteiger partial charge in [0.25, 0.3) is 0 Å². The van der Waals surface area contributed by atoms with Crippen molar-refractivity contribution < 1.29 is 9.26 Å². The van der Waals surface area contributed by atoms with Crippen molar-refractivity contribution in [3.63, 3.8) is 0 Å². The number of hydrogen-bond acceptors (Lipinski definition) is 4. The van der Waals surface area contributed by atoms with Crippen LogP contribution in [-0.4, -0.2) is 18.5 Å². The molecule has 0 spiro atoms. The molecule has 1 aromatic carbocycles. The Morgan fingerprint density at radius 1 is 1.35 bits per heavy atom. The SMILES string of the molecule is COc1ccc(N=Cc2c(C)[nH]oc2=O)cc1. The quantitative estimate of drug-likeness (QED) is 0.823. The molecule has 1 aromatic heterocycles. The lowest BCUT2D eigenvalue weighted by Gasteiger charge is -1.98. The highest BCUT2D eigenvalue weighted by Gasteiger charge is 2.04. The fourth-order valence-corrected chi connectivity index (χ4v) is 1.34. The molecule has 88 valence electrons. The molecule has 1 heterocycles. The molecule has 0 aliphatic rings. The lowest BCUT2D eigenvalue weighted by molar-refractivity contribution is 0.387. The highest BCUT2D eigenvalue weighted by atomic mass is 16.5. The average molecular weight is 232 g/mol. The Kier molecular flexibility index (Phi) is 3.09. The molecule has 0 amide bonds. The van der Waals surface area contributed by atoms with Gasteiger partial charge in [-0.25, -0.2) is 9.95 Å². The van der Waals surface area contributed by atoms with E-state index in [1.807, 2.05) is 0 Å². The molecule has 2 aromatic rings. The van der Waals surface area contributed by atoms with Crippen molar-refractivity contribution in [2.24, 2.45) is 4.99 Å². The predicted octanol–water partition coefficient (Wildman–Crippen LogP) is 2.04. The number of rotatable bonds is 3. The molecule has 1 N–H and O–H groups in total. The number of nitrogens with zero attached hydrogens (tertiary/aromatic N) is 1. The van der Waals surface area contributed by atoms with Crippen LogP contribution in [-0.2, 0) is 0 Å². The van der Waals surface area contributed by atoms with E-state index in [9.17, 15) is 4.79 Å². The third kappa shape index (κ3) is 2.44. The molecule has 0 saturated carbocycles. The second-order valence-corrected chi connectivity index (χ2v) is 3.49. The van der Waals surface area contributed by atoms with Crippen LogP contribution < -0.4 is 10.4 Å². The third-order valence-corrected chi connectivity index (χ3v) is 2.34. The summed E-state index contributed by atoms with van der Waals surface area (Å²) in [6, 6.07) is 7.22.